The number of carboxylic acids is 1. The van der Waals surface area contributed by atoms with Crippen molar-refractivity contribution in [2.24, 2.45) is 0 Å². The summed E-state index contributed by atoms with van der Waals surface area (Å²) < 4.78 is 0. The molecule has 1 rings (SSSR count). The molecule has 0 aromatic heterocycles. The lowest BCUT2D eigenvalue weighted by Gasteiger charge is -2.09. The van der Waals surface area contributed by atoms with E-state index in [1.165, 1.54) is 11.8 Å². The monoisotopic (exact) mass is 324 g/mol. The molecule has 120 valence electrons. The SMILES string of the molecule is CC(C)NC(=O)c1ccc(C(=O)NCCSCC(=O)O)cc1. The van der Waals surface area contributed by atoms with Crippen LogP contribution in [0.15, 0.2) is 24.3 Å². The summed E-state index contributed by atoms with van der Waals surface area (Å²) in [7, 11) is 0. The lowest BCUT2D eigenvalue weighted by Crippen LogP contribution is -2.30. The molecule has 2 amide bonds. The summed E-state index contributed by atoms with van der Waals surface area (Å²) in [4.78, 5) is 34.0. The number of carbonyl (C=O) groups excluding carboxylic acids is 2. The summed E-state index contributed by atoms with van der Waals surface area (Å²) in [5.41, 5.74) is 0.964. The fraction of sp³-hybridized carbons (Fsp3) is 0.400. The van der Waals surface area contributed by atoms with Gasteiger partial charge in [0.25, 0.3) is 11.8 Å². The Hall–Kier alpha value is -2.02. The molecule has 6 nitrogen and oxygen atoms in total. The lowest BCUT2D eigenvalue weighted by molar-refractivity contribution is -0.133. The highest BCUT2D eigenvalue weighted by atomic mass is 32.2. The molecule has 0 heterocycles. The van der Waals surface area contributed by atoms with Gasteiger partial charge in [-0.05, 0) is 38.1 Å². The van der Waals surface area contributed by atoms with Gasteiger partial charge in [-0.3, -0.25) is 14.4 Å². The van der Waals surface area contributed by atoms with E-state index in [0.29, 0.717) is 23.4 Å². The fourth-order valence-electron chi connectivity index (χ4n) is 1.62. The molecular formula is C15H20N2O4S. The average Bonchev–Trinajstić information content (AvgIpc) is 2.45. The zero-order valence-electron chi connectivity index (χ0n) is 12.6. The first-order chi connectivity index (χ1) is 10.4. The minimum atomic E-state index is -0.869. The molecule has 7 heteroatoms. The Labute approximate surface area is 133 Å². The maximum Gasteiger partial charge on any atom is 0.313 e. The zero-order valence-corrected chi connectivity index (χ0v) is 13.4. The van der Waals surface area contributed by atoms with Crippen molar-refractivity contribution < 1.29 is 19.5 Å². The third kappa shape index (κ3) is 6.62. The Morgan fingerprint density at radius 1 is 1.09 bits per heavy atom. The van der Waals surface area contributed by atoms with Crippen LogP contribution in [0.3, 0.4) is 0 Å². The topological polar surface area (TPSA) is 95.5 Å². The van der Waals surface area contributed by atoms with Crippen molar-refractivity contribution in [1.82, 2.24) is 10.6 Å². The number of carbonyl (C=O) groups is 3. The van der Waals surface area contributed by atoms with Crippen molar-refractivity contribution in [3.63, 3.8) is 0 Å². The Balaban J connectivity index is 2.43. The Bertz CT molecular complexity index is 529. The minimum absolute atomic E-state index is 0.0233. The van der Waals surface area contributed by atoms with Gasteiger partial charge in [-0.25, -0.2) is 0 Å². The van der Waals surface area contributed by atoms with Gasteiger partial charge in [-0.2, -0.15) is 0 Å². The summed E-state index contributed by atoms with van der Waals surface area (Å²) in [6.45, 7) is 4.15. The molecule has 1 aromatic carbocycles. The van der Waals surface area contributed by atoms with Gasteiger partial charge in [-0.15, -0.1) is 11.8 Å². The Morgan fingerprint density at radius 3 is 2.14 bits per heavy atom. The highest BCUT2D eigenvalue weighted by Gasteiger charge is 2.09. The van der Waals surface area contributed by atoms with E-state index in [4.69, 9.17) is 5.11 Å². The van der Waals surface area contributed by atoms with E-state index in [0.717, 1.165) is 0 Å². The van der Waals surface area contributed by atoms with Gasteiger partial charge in [0.2, 0.25) is 0 Å². The van der Waals surface area contributed by atoms with Crippen molar-refractivity contribution >= 4 is 29.5 Å². The van der Waals surface area contributed by atoms with Crippen LogP contribution in [0.1, 0.15) is 34.6 Å². The predicted octanol–water partition coefficient (Wildman–Crippen LogP) is 1.37. The van der Waals surface area contributed by atoms with E-state index in [2.05, 4.69) is 10.6 Å². The molecular weight excluding hydrogens is 304 g/mol. The standard InChI is InChI=1S/C15H20N2O4S/c1-10(2)17-15(21)12-5-3-11(4-6-12)14(20)16-7-8-22-9-13(18)19/h3-6,10H,7-9H2,1-2H3,(H,16,20)(H,17,21)(H,18,19). The van der Waals surface area contributed by atoms with Crippen molar-refractivity contribution in [1.29, 1.82) is 0 Å². The molecule has 1 aromatic rings. The van der Waals surface area contributed by atoms with Crippen LogP contribution >= 0.6 is 11.8 Å². The van der Waals surface area contributed by atoms with E-state index in [-0.39, 0.29) is 23.6 Å². The van der Waals surface area contributed by atoms with Crippen molar-refractivity contribution in [3.8, 4) is 0 Å². The number of aliphatic carboxylic acids is 1. The number of amides is 2. The first-order valence-electron chi connectivity index (χ1n) is 6.89. The fourth-order valence-corrected chi connectivity index (χ4v) is 2.18. The van der Waals surface area contributed by atoms with Crippen LogP contribution in [0.4, 0.5) is 0 Å². The number of rotatable bonds is 8. The molecule has 3 N–H and O–H groups in total. The van der Waals surface area contributed by atoms with Gasteiger partial charge in [-0.1, -0.05) is 0 Å². The third-order valence-electron chi connectivity index (χ3n) is 2.59. The molecule has 0 spiro atoms. The number of hydrogen-bond acceptors (Lipinski definition) is 4. The highest BCUT2D eigenvalue weighted by Crippen LogP contribution is 2.05. The first kappa shape index (κ1) is 18.0. The molecule has 0 fully saturated rings. The molecule has 0 aliphatic carbocycles. The molecule has 0 saturated carbocycles. The van der Waals surface area contributed by atoms with Crippen LogP contribution in [-0.2, 0) is 4.79 Å². The lowest BCUT2D eigenvalue weighted by atomic mass is 10.1. The second kappa shape index (κ2) is 9.09. The minimum Gasteiger partial charge on any atom is -0.481 e. The van der Waals surface area contributed by atoms with Crippen LogP contribution < -0.4 is 10.6 Å². The number of thioether (sulfide) groups is 1. The van der Waals surface area contributed by atoms with E-state index >= 15 is 0 Å². The van der Waals surface area contributed by atoms with Gasteiger partial charge < -0.3 is 15.7 Å². The summed E-state index contributed by atoms with van der Waals surface area (Å²) in [6, 6.07) is 6.44. The quantitative estimate of drug-likeness (QED) is 0.628. The zero-order chi connectivity index (χ0) is 16.5. The van der Waals surface area contributed by atoms with E-state index in [1.807, 2.05) is 13.8 Å². The maximum atomic E-state index is 11.9. The number of hydrogen-bond donors (Lipinski definition) is 3. The molecule has 0 radical (unpaired) electrons. The van der Waals surface area contributed by atoms with Gasteiger partial charge in [0.05, 0.1) is 5.75 Å². The van der Waals surface area contributed by atoms with Crippen LogP contribution in [0, 0.1) is 0 Å². The second-order valence-corrected chi connectivity index (χ2v) is 6.01. The van der Waals surface area contributed by atoms with Crippen molar-refractivity contribution in [2.45, 2.75) is 19.9 Å². The molecule has 0 atom stereocenters. The van der Waals surface area contributed by atoms with Gasteiger partial charge in [0.1, 0.15) is 0 Å². The third-order valence-corrected chi connectivity index (χ3v) is 3.53. The molecule has 0 bridgehead atoms. The van der Waals surface area contributed by atoms with Crippen molar-refractivity contribution in [3.05, 3.63) is 35.4 Å². The summed E-state index contributed by atoms with van der Waals surface area (Å²) >= 11 is 1.24. The van der Waals surface area contributed by atoms with Crippen molar-refractivity contribution in [2.75, 3.05) is 18.1 Å². The summed E-state index contributed by atoms with van der Waals surface area (Å²) in [6.07, 6.45) is 0. The summed E-state index contributed by atoms with van der Waals surface area (Å²) in [5.74, 6) is -0.729. The van der Waals surface area contributed by atoms with Gasteiger partial charge in [0, 0.05) is 29.5 Å². The smallest absolute Gasteiger partial charge is 0.313 e. The second-order valence-electron chi connectivity index (χ2n) is 4.91. The molecule has 0 unspecified atom stereocenters. The normalized spacial score (nSPS) is 10.3. The van der Waals surface area contributed by atoms with E-state index < -0.39 is 5.97 Å². The maximum absolute atomic E-state index is 11.9. The average molecular weight is 324 g/mol. The first-order valence-corrected chi connectivity index (χ1v) is 8.04. The van der Waals surface area contributed by atoms with Crippen LogP contribution in [0.2, 0.25) is 0 Å². The van der Waals surface area contributed by atoms with Gasteiger partial charge >= 0.3 is 5.97 Å². The molecule has 22 heavy (non-hydrogen) atoms. The Morgan fingerprint density at radius 2 is 1.64 bits per heavy atom. The molecule has 0 aliphatic heterocycles. The number of nitrogens with one attached hydrogen (secondary N) is 2. The van der Waals surface area contributed by atoms with Gasteiger partial charge in [0.15, 0.2) is 0 Å². The van der Waals surface area contributed by atoms with E-state index in [9.17, 15) is 14.4 Å². The molecule has 0 aliphatic rings. The van der Waals surface area contributed by atoms with E-state index in [1.54, 1.807) is 24.3 Å². The van der Waals surface area contributed by atoms with Crippen LogP contribution in [0.25, 0.3) is 0 Å². The highest BCUT2D eigenvalue weighted by molar-refractivity contribution is 7.99. The predicted molar refractivity (Wildman–Crippen MR) is 86.3 cm³/mol. The van der Waals surface area contributed by atoms with Crippen LogP contribution in [0.5, 0.6) is 0 Å². The number of benzene rings is 1. The largest absolute Gasteiger partial charge is 0.481 e. The summed E-state index contributed by atoms with van der Waals surface area (Å²) in [5, 5.41) is 14.0. The van der Waals surface area contributed by atoms with Crippen LogP contribution in [-0.4, -0.2) is 47.0 Å². The number of carboxylic acid groups (broad SMARTS) is 1. The Kier molecular flexibility index (Phi) is 7.45. The molecule has 0 saturated heterocycles.